The van der Waals surface area contributed by atoms with Gasteiger partial charge in [-0.2, -0.15) is 0 Å². The van der Waals surface area contributed by atoms with E-state index >= 15 is 0 Å². The molecule has 0 bridgehead atoms. The van der Waals surface area contributed by atoms with Gasteiger partial charge in [0.05, 0.1) is 5.41 Å². The van der Waals surface area contributed by atoms with E-state index in [0.717, 1.165) is 25.1 Å². The fraction of sp³-hybridized carbons (Fsp3) is 0.481. The Hall–Kier alpha value is -3.16. The first kappa shape index (κ1) is 23.6. The molecule has 1 N–H and O–H groups in total. The number of nitrogens with zero attached hydrogens (tertiary/aromatic N) is 2. The maximum absolute atomic E-state index is 13.4. The monoisotopic (exact) mass is 483 g/mol. The number of carbonyl (C=O) groups excluding carboxylic acids is 1. The van der Waals surface area contributed by atoms with Crippen molar-refractivity contribution in [3.8, 4) is 11.5 Å². The molecule has 1 aliphatic carbocycles. The number of carbonyl (C=O) groups is 1. The van der Waals surface area contributed by atoms with Gasteiger partial charge in [-0.05, 0) is 72.6 Å². The molecule has 1 atom stereocenters. The largest absolute Gasteiger partial charge is 0.586 e. The third-order valence-corrected chi connectivity index (χ3v) is 7.26. The van der Waals surface area contributed by atoms with E-state index in [-0.39, 0.29) is 22.8 Å². The zero-order valence-corrected chi connectivity index (χ0v) is 20.5. The Bertz CT molecular complexity index is 1180. The van der Waals surface area contributed by atoms with Crippen LogP contribution in [0.4, 0.5) is 20.2 Å². The molecular weight excluding hydrogens is 452 g/mol. The predicted octanol–water partition coefficient (Wildman–Crippen LogP) is 5.55. The number of hydrogen-bond acceptors (Lipinski definition) is 5. The van der Waals surface area contributed by atoms with Crippen LogP contribution in [0.1, 0.15) is 51.2 Å². The van der Waals surface area contributed by atoms with Gasteiger partial charge in [0, 0.05) is 37.2 Å². The summed E-state index contributed by atoms with van der Waals surface area (Å²) in [4.78, 5) is 19.9. The second kappa shape index (κ2) is 8.21. The highest BCUT2D eigenvalue weighted by atomic mass is 19.3. The molecule has 6 nitrogen and oxygen atoms in total. The Labute approximate surface area is 204 Å². The summed E-state index contributed by atoms with van der Waals surface area (Å²) in [7, 11) is 1.79. The molecule has 2 aromatic carbocycles. The molecule has 186 valence electrons. The summed E-state index contributed by atoms with van der Waals surface area (Å²) in [5, 5.41) is 3.08. The molecule has 5 rings (SSSR count). The lowest BCUT2D eigenvalue weighted by Crippen LogP contribution is -2.42. The normalized spacial score (nSPS) is 21.3. The first-order chi connectivity index (χ1) is 16.5. The van der Waals surface area contributed by atoms with Crippen LogP contribution in [0.5, 0.6) is 11.5 Å². The Balaban J connectivity index is 1.34. The molecule has 1 amide bonds. The predicted molar refractivity (Wildman–Crippen MR) is 132 cm³/mol. The molecular formula is C27H31F2N3O3. The molecule has 1 unspecified atom stereocenters. The Morgan fingerprint density at radius 1 is 1.17 bits per heavy atom. The third kappa shape index (κ3) is 4.34. The fourth-order valence-corrected chi connectivity index (χ4v) is 5.24. The van der Waals surface area contributed by atoms with E-state index in [0.29, 0.717) is 24.4 Å². The minimum absolute atomic E-state index is 0.0169. The molecule has 2 aliphatic heterocycles. The van der Waals surface area contributed by atoms with Crippen LogP contribution in [0, 0.1) is 5.41 Å². The zero-order valence-electron chi connectivity index (χ0n) is 20.5. The minimum Gasteiger partial charge on any atom is -0.395 e. The average molecular weight is 484 g/mol. The quantitative estimate of drug-likeness (QED) is 0.548. The summed E-state index contributed by atoms with van der Waals surface area (Å²) in [6.45, 7) is 7.66. The van der Waals surface area contributed by atoms with E-state index in [1.807, 2.05) is 12.3 Å². The number of hydrogen-bond donors (Lipinski definition) is 1. The topological polar surface area (TPSA) is 63.2 Å². The maximum atomic E-state index is 13.4. The van der Waals surface area contributed by atoms with E-state index in [4.69, 9.17) is 0 Å². The Kier molecular flexibility index (Phi) is 5.53. The SMILES string of the molecule is CN=CCCN1c2ccc(NC(=O)C3(c4ccc5c(c4)OC(F)(F)O5)CC3)cc2CC1C(C)(C)C. The van der Waals surface area contributed by atoms with Crippen molar-refractivity contribution >= 4 is 23.5 Å². The van der Waals surface area contributed by atoms with Gasteiger partial charge in [-0.3, -0.25) is 4.79 Å². The summed E-state index contributed by atoms with van der Waals surface area (Å²) < 4.78 is 35.9. The number of ether oxygens (including phenoxy) is 2. The summed E-state index contributed by atoms with van der Waals surface area (Å²) in [5.41, 5.74) is 3.18. The van der Waals surface area contributed by atoms with E-state index in [2.05, 4.69) is 57.6 Å². The Morgan fingerprint density at radius 3 is 2.60 bits per heavy atom. The van der Waals surface area contributed by atoms with Crippen LogP contribution in [0.2, 0.25) is 0 Å². The number of amides is 1. The van der Waals surface area contributed by atoms with Gasteiger partial charge >= 0.3 is 6.29 Å². The molecule has 2 heterocycles. The molecule has 0 aromatic heterocycles. The summed E-state index contributed by atoms with van der Waals surface area (Å²) in [5.74, 6) is -0.188. The lowest BCUT2D eigenvalue weighted by Gasteiger charge is -2.36. The van der Waals surface area contributed by atoms with Gasteiger partial charge in [-0.15, -0.1) is 8.78 Å². The third-order valence-electron chi connectivity index (χ3n) is 7.26. The van der Waals surface area contributed by atoms with Crippen molar-refractivity contribution in [3.05, 3.63) is 47.5 Å². The van der Waals surface area contributed by atoms with Crippen LogP contribution in [-0.4, -0.2) is 38.1 Å². The number of rotatable bonds is 6. The first-order valence-electron chi connectivity index (χ1n) is 12.0. The van der Waals surface area contributed by atoms with Crippen molar-refractivity contribution in [1.29, 1.82) is 0 Å². The van der Waals surface area contributed by atoms with Gasteiger partial charge in [0.15, 0.2) is 11.5 Å². The van der Waals surface area contributed by atoms with Gasteiger partial charge in [0.2, 0.25) is 5.91 Å². The number of alkyl halides is 2. The summed E-state index contributed by atoms with van der Waals surface area (Å²) in [6.07, 6.45) is 1.36. The average Bonchev–Trinajstić information content (AvgIpc) is 3.42. The summed E-state index contributed by atoms with van der Waals surface area (Å²) in [6, 6.07) is 11.1. The molecule has 1 saturated carbocycles. The van der Waals surface area contributed by atoms with Gasteiger partial charge in [0.1, 0.15) is 0 Å². The lowest BCUT2D eigenvalue weighted by atomic mass is 9.84. The number of halogens is 2. The molecule has 0 radical (unpaired) electrons. The van der Waals surface area contributed by atoms with Crippen molar-refractivity contribution in [1.82, 2.24) is 0 Å². The van der Waals surface area contributed by atoms with Crippen LogP contribution in [0.15, 0.2) is 41.4 Å². The van der Waals surface area contributed by atoms with E-state index in [1.54, 1.807) is 13.1 Å². The Morgan fingerprint density at radius 2 is 1.91 bits per heavy atom. The van der Waals surface area contributed by atoms with Crippen LogP contribution in [0.3, 0.4) is 0 Å². The van der Waals surface area contributed by atoms with Crippen LogP contribution < -0.4 is 19.7 Å². The number of aliphatic imine (C=N–C) groups is 1. The molecule has 0 saturated heterocycles. The standard InChI is InChI=1S/C27H31F2N3O3/c1-25(2,3)23-15-17-14-19(7-8-20(17)32(23)13-5-12-30-4)31-24(33)26(10-11-26)18-6-9-21-22(16-18)35-27(28,29)34-21/h6-9,12,14,16,23H,5,10-11,13,15H2,1-4H3,(H,31,33). The maximum Gasteiger partial charge on any atom is 0.586 e. The molecule has 8 heteroatoms. The molecule has 35 heavy (non-hydrogen) atoms. The van der Waals surface area contributed by atoms with Crippen LogP contribution >= 0.6 is 0 Å². The fourth-order valence-electron chi connectivity index (χ4n) is 5.24. The molecule has 2 aromatic rings. The zero-order chi connectivity index (χ0) is 25.0. The van der Waals surface area contributed by atoms with Gasteiger partial charge < -0.3 is 24.7 Å². The smallest absolute Gasteiger partial charge is 0.395 e. The number of benzene rings is 2. The lowest BCUT2D eigenvalue weighted by molar-refractivity contribution is -0.286. The van der Waals surface area contributed by atoms with E-state index < -0.39 is 11.7 Å². The van der Waals surface area contributed by atoms with E-state index in [9.17, 15) is 13.6 Å². The van der Waals surface area contributed by atoms with Crippen LogP contribution in [-0.2, 0) is 16.6 Å². The van der Waals surface area contributed by atoms with Crippen molar-refractivity contribution in [2.75, 3.05) is 23.8 Å². The van der Waals surface area contributed by atoms with Crippen molar-refractivity contribution in [3.63, 3.8) is 0 Å². The van der Waals surface area contributed by atoms with E-state index in [1.165, 1.54) is 23.4 Å². The van der Waals surface area contributed by atoms with Crippen LogP contribution in [0.25, 0.3) is 0 Å². The number of nitrogens with one attached hydrogen (secondary N) is 1. The second-order valence-electron chi connectivity index (χ2n) is 10.7. The van der Waals surface area contributed by atoms with Gasteiger partial charge in [-0.1, -0.05) is 26.8 Å². The highest BCUT2D eigenvalue weighted by Crippen LogP contribution is 2.52. The van der Waals surface area contributed by atoms with Crippen molar-refractivity contribution in [2.24, 2.45) is 10.4 Å². The second-order valence-corrected chi connectivity index (χ2v) is 10.7. The number of anilines is 2. The highest BCUT2D eigenvalue weighted by molar-refractivity contribution is 6.01. The number of fused-ring (bicyclic) bond motifs is 2. The van der Waals surface area contributed by atoms with Crippen molar-refractivity contribution in [2.45, 2.75) is 64.2 Å². The highest BCUT2D eigenvalue weighted by Gasteiger charge is 2.53. The molecule has 0 spiro atoms. The minimum atomic E-state index is -3.67. The summed E-state index contributed by atoms with van der Waals surface area (Å²) >= 11 is 0. The first-order valence-corrected chi connectivity index (χ1v) is 12.0. The van der Waals surface area contributed by atoms with Gasteiger partial charge in [0.25, 0.3) is 0 Å². The molecule has 3 aliphatic rings. The molecule has 1 fully saturated rings. The van der Waals surface area contributed by atoms with Crippen molar-refractivity contribution < 1.29 is 23.0 Å². The van der Waals surface area contributed by atoms with Gasteiger partial charge in [-0.25, -0.2) is 0 Å².